The van der Waals surface area contributed by atoms with E-state index in [1.165, 1.54) is 25.7 Å². The summed E-state index contributed by atoms with van der Waals surface area (Å²) >= 11 is 4.89. The van der Waals surface area contributed by atoms with Crippen molar-refractivity contribution < 1.29 is 0 Å². The average molecular weight is 187 g/mol. The Morgan fingerprint density at radius 1 is 1.50 bits per heavy atom. The summed E-state index contributed by atoms with van der Waals surface area (Å²) in [5.41, 5.74) is 2.86. The third-order valence-corrected chi connectivity index (χ3v) is 2.88. The van der Waals surface area contributed by atoms with Crippen molar-refractivity contribution in [2.45, 2.75) is 32.6 Å². The first-order valence-electron chi connectivity index (χ1n) is 4.41. The van der Waals surface area contributed by atoms with Crippen LogP contribution >= 0.6 is 12.2 Å². The van der Waals surface area contributed by atoms with Gasteiger partial charge in [-0.3, -0.25) is 0 Å². The van der Waals surface area contributed by atoms with Gasteiger partial charge in [-0.05, 0) is 30.5 Å². The molecular weight excluding hydrogens is 170 g/mol. The SMILES string of the molecule is CC1(CNC(=S)NN)CCCC1. The van der Waals surface area contributed by atoms with Gasteiger partial charge in [-0.1, -0.05) is 19.8 Å². The van der Waals surface area contributed by atoms with E-state index in [0.717, 1.165) is 6.54 Å². The van der Waals surface area contributed by atoms with Gasteiger partial charge in [-0.2, -0.15) is 0 Å². The first-order chi connectivity index (χ1) is 5.66. The molecule has 0 saturated heterocycles. The standard InChI is InChI=1S/C8H17N3S/c1-8(4-2-3-5-8)6-10-7(12)11-9/h2-6,9H2,1H3,(H2,10,11,12). The van der Waals surface area contributed by atoms with Gasteiger partial charge >= 0.3 is 0 Å². The van der Waals surface area contributed by atoms with Gasteiger partial charge in [0.25, 0.3) is 0 Å². The van der Waals surface area contributed by atoms with Gasteiger partial charge in [-0.15, -0.1) is 0 Å². The molecule has 0 aromatic rings. The number of thiocarbonyl (C=S) groups is 1. The lowest BCUT2D eigenvalue weighted by Crippen LogP contribution is -2.43. The third-order valence-electron chi connectivity index (χ3n) is 2.62. The molecule has 0 bridgehead atoms. The minimum absolute atomic E-state index is 0.431. The highest BCUT2D eigenvalue weighted by atomic mass is 32.1. The van der Waals surface area contributed by atoms with Crippen LogP contribution in [0.15, 0.2) is 0 Å². The van der Waals surface area contributed by atoms with Crippen LogP contribution in [0.4, 0.5) is 0 Å². The van der Waals surface area contributed by atoms with Crippen LogP contribution in [0, 0.1) is 5.41 Å². The number of hydrogen-bond donors (Lipinski definition) is 3. The zero-order chi connectivity index (χ0) is 9.03. The Morgan fingerprint density at radius 2 is 2.08 bits per heavy atom. The minimum Gasteiger partial charge on any atom is -0.361 e. The molecule has 1 fully saturated rings. The summed E-state index contributed by atoms with van der Waals surface area (Å²) in [6, 6.07) is 0. The molecule has 0 unspecified atom stereocenters. The predicted molar refractivity (Wildman–Crippen MR) is 54.5 cm³/mol. The molecule has 3 nitrogen and oxygen atoms in total. The number of hydrogen-bond acceptors (Lipinski definition) is 2. The fraction of sp³-hybridized carbons (Fsp3) is 0.875. The molecule has 1 rings (SSSR count). The fourth-order valence-corrected chi connectivity index (χ4v) is 1.82. The molecule has 1 aliphatic rings. The molecule has 0 amide bonds. The van der Waals surface area contributed by atoms with E-state index in [1.807, 2.05) is 0 Å². The van der Waals surface area contributed by atoms with E-state index < -0.39 is 0 Å². The van der Waals surface area contributed by atoms with E-state index in [-0.39, 0.29) is 0 Å². The molecule has 1 saturated carbocycles. The van der Waals surface area contributed by atoms with Crippen molar-refractivity contribution in [2.24, 2.45) is 11.3 Å². The van der Waals surface area contributed by atoms with Crippen molar-refractivity contribution in [1.29, 1.82) is 0 Å². The van der Waals surface area contributed by atoms with Gasteiger partial charge in [0.05, 0.1) is 0 Å². The van der Waals surface area contributed by atoms with Crippen molar-refractivity contribution >= 4 is 17.3 Å². The van der Waals surface area contributed by atoms with Gasteiger partial charge in [-0.25, -0.2) is 5.84 Å². The van der Waals surface area contributed by atoms with Gasteiger partial charge < -0.3 is 10.7 Å². The number of rotatable bonds is 2. The summed E-state index contributed by atoms with van der Waals surface area (Å²) in [5, 5.41) is 3.65. The molecule has 4 N–H and O–H groups in total. The quantitative estimate of drug-likeness (QED) is 0.341. The second-order valence-electron chi connectivity index (χ2n) is 3.84. The van der Waals surface area contributed by atoms with E-state index in [4.69, 9.17) is 18.1 Å². The molecule has 0 aromatic heterocycles. The number of hydrazine groups is 1. The van der Waals surface area contributed by atoms with E-state index in [9.17, 15) is 0 Å². The Bertz CT molecular complexity index is 164. The second-order valence-corrected chi connectivity index (χ2v) is 4.25. The topological polar surface area (TPSA) is 50.1 Å². The lowest BCUT2D eigenvalue weighted by Gasteiger charge is -2.24. The molecule has 12 heavy (non-hydrogen) atoms. The number of nitrogens with one attached hydrogen (secondary N) is 2. The summed E-state index contributed by atoms with van der Waals surface area (Å²) in [4.78, 5) is 0. The Balaban J connectivity index is 2.25. The van der Waals surface area contributed by atoms with E-state index >= 15 is 0 Å². The summed E-state index contributed by atoms with van der Waals surface area (Å²) in [6.45, 7) is 3.24. The van der Waals surface area contributed by atoms with Crippen molar-refractivity contribution in [2.75, 3.05) is 6.54 Å². The third kappa shape index (κ3) is 2.60. The Morgan fingerprint density at radius 3 is 2.58 bits per heavy atom. The van der Waals surface area contributed by atoms with E-state index in [1.54, 1.807) is 0 Å². The van der Waals surface area contributed by atoms with Gasteiger partial charge in [0.2, 0.25) is 0 Å². The monoisotopic (exact) mass is 187 g/mol. The normalized spacial score (nSPS) is 20.5. The van der Waals surface area contributed by atoms with Crippen molar-refractivity contribution in [3.63, 3.8) is 0 Å². The van der Waals surface area contributed by atoms with Crippen LogP contribution in [-0.2, 0) is 0 Å². The lowest BCUT2D eigenvalue weighted by atomic mass is 9.89. The molecule has 0 heterocycles. The highest BCUT2D eigenvalue weighted by Gasteiger charge is 2.28. The molecule has 0 atom stereocenters. The van der Waals surface area contributed by atoms with Crippen LogP contribution in [0.3, 0.4) is 0 Å². The van der Waals surface area contributed by atoms with Crippen molar-refractivity contribution in [3.05, 3.63) is 0 Å². The van der Waals surface area contributed by atoms with Crippen LogP contribution in [0.2, 0.25) is 0 Å². The molecule has 1 aliphatic carbocycles. The Labute approximate surface area is 79.1 Å². The highest BCUT2D eigenvalue weighted by Crippen LogP contribution is 2.36. The summed E-state index contributed by atoms with van der Waals surface area (Å²) in [5.74, 6) is 5.15. The van der Waals surface area contributed by atoms with Crippen LogP contribution in [0.25, 0.3) is 0 Å². The summed E-state index contributed by atoms with van der Waals surface area (Å²) < 4.78 is 0. The minimum atomic E-state index is 0.431. The van der Waals surface area contributed by atoms with Crippen molar-refractivity contribution in [1.82, 2.24) is 10.7 Å². The molecule has 0 aliphatic heterocycles. The Kier molecular flexibility index (Phi) is 3.29. The van der Waals surface area contributed by atoms with Crippen LogP contribution < -0.4 is 16.6 Å². The molecule has 4 heteroatoms. The lowest BCUT2D eigenvalue weighted by molar-refractivity contribution is 0.335. The largest absolute Gasteiger partial charge is 0.361 e. The zero-order valence-electron chi connectivity index (χ0n) is 7.52. The highest BCUT2D eigenvalue weighted by molar-refractivity contribution is 7.80. The fourth-order valence-electron chi connectivity index (χ4n) is 1.75. The molecular formula is C8H17N3S. The molecule has 70 valence electrons. The maximum atomic E-state index is 5.15. The van der Waals surface area contributed by atoms with Gasteiger partial charge in [0.1, 0.15) is 0 Å². The van der Waals surface area contributed by atoms with E-state index in [2.05, 4.69) is 17.7 Å². The van der Waals surface area contributed by atoms with Crippen LogP contribution in [-0.4, -0.2) is 11.7 Å². The summed E-state index contributed by atoms with van der Waals surface area (Å²) in [6.07, 6.45) is 5.29. The maximum absolute atomic E-state index is 5.15. The van der Waals surface area contributed by atoms with Gasteiger partial charge in [0.15, 0.2) is 5.11 Å². The predicted octanol–water partition coefficient (Wildman–Crippen LogP) is 0.904. The van der Waals surface area contributed by atoms with Crippen LogP contribution in [0.1, 0.15) is 32.6 Å². The average Bonchev–Trinajstić information content (AvgIpc) is 2.49. The molecule has 0 spiro atoms. The van der Waals surface area contributed by atoms with Crippen LogP contribution in [0.5, 0.6) is 0 Å². The van der Waals surface area contributed by atoms with Gasteiger partial charge in [0, 0.05) is 6.54 Å². The maximum Gasteiger partial charge on any atom is 0.180 e. The smallest absolute Gasteiger partial charge is 0.180 e. The number of nitrogens with two attached hydrogens (primary N) is 1. The second kappa shape index (κ2) is 4.05. The first kappa shape index (κ1) is 9.74. The van der Waals surface area contributed by atoms with E-state index in [0.29, 0.717) is 10.5 Å². The zero-order valence-corrected chi connectivity index (χ0v) is 8.34. The van der Waals surface area contributed by atoms with Crippen molar-refractivity contribution in [3.8, 4) is 0 Å². The Hall–Kier alpha value is -0.350. The summed E-state index contributed by atoms with van der Waals surface area (Å²) in [7, 11) is 0. The molecule has 0 aromatic carbocycles. The molecule has 0 radical (unpaired) electrons. The first-order valence-corrected chi connectivity index (χ1v) is 4.82.